The van der Waals surface area contributed by atoms with Crippen molar-refractivity contribution in [1.82, 2.24) is 0 Å². The normalized spacial score (nSPS) is 10.1. The Hall–Kier alpha value is -1.04. The van der Waals surface area contributed by atoms with Gasteiger partial charge in [-0.05, 0) is 31.2 Å². The number of unbranched alkanes of at least 4 members (excludes halogenated alkanes) is 11. The monoisotopic (exact) mass is 330 g/mol. The molecule has 0 aliphatic rings. The summed E-state index contributed by atoms with van der Waals surface area (Å²) in [5, 5.41) is 0. The van der Waals surface area contributed by atoms with Gasteiger partial charge in [0.1, 0.15) is 0 Å². The summed E-state index contributed by atoms with van der Waals surface area (Å²) in [6.45, 7) is 8.20. The highest BCUT2D eigenvalue weighted by Gasteiger charge is 1.93. The van der Waals surface area contributed by atoms with E-state index in [0.717, 1.165) is 0 Å². The summed E-state index contributed by atoms with van der Waals surface area (Å²) in [6.07, 6.45) is 21.2. The Bertz CT molecular complexity index is 338. The molecule has 0 N–H and O–H groups in total. The molecule has 0 aliphatic heterocycles. The van der Waals surface area contributed by atoms with E-state index in [1.165, 1.54) is 95.5 Å². The van der Waals surface area contributed by atoms with Crippen LogP contribution in [0.5, 0.6) is 0 Å². The first-order valence-corrected chi connectivity index (χ1v) is 10.5. The van der Waals surface area contributed by atoms with Crippen LogP contribution in [0.2, 0.25) is 0 Å². The van der Waals surface area contributed by atoms with E-state index in [-0.39, 0.29) is 0 Å². The highest BCUT2D eigenvalue weighted by Crippen LogP contribution is 2.10. The molecule has 0 saturated heterocycles. The second kappa shape index (κ2) is 20.0. The van der Waals surface area contributed by atoms with Gasteiger partial charge < -0.3 is 0 Å². The maximum absolute atomic E-state index is 3.68. The Morgan fingerprint density at radius 2 is 1.17 bits per heavy atom. The van der Waals surface area contributed by atoms with E-state index in [4.69, 9.17) is 0 Å². The SMILES string of the molecule is C=CCCCCCCC.CCCCCCCCCc1ccccc1. The molecular formula is C24H42. The summed E-state index contributed by atoms with van der Waals surface area (Å²) < 4.78 is 0. The average molecular weight is 331 g/mol. The first-order valence-electron chi connectivity index (χ1n) is 10.5. The van der Waals surface area contributed by atoms with E-state index < -0.39 is 0 Å². The largest absolute Gasteiger partial charge is 0.103 e. The number of hydrogen-bond donors (Lipinski definition) is 0. The topological polar surface area (TPSA) is 0 Å². The fourth-order valence-corrected chi connectivity index (χ4v) is 2.82. The van der Waals surface area contributed by atoms with Gasteiger partial charge in [0, 0.05) is 0 Å². The zero-order valence-corrected chi connectivity index (χ0v) is 16.6. The standard InChI is InChI=1S/C15H24.C9H18/c1-2-3-4-5-6-7-9-12-15-13-10-8-11-14-15;1-3-5-7-9-8-6-4-2/h8,10-11,13-14H,2-7,9,12H2,1H3;3H,1,4-9H2,2H3. The third kappa shape index (κ3) is 17.3. The van der Waals surface area contributed by atoms with Crippen LogP contribution in [0.15, 0.2) is 43.0 Å². The summed E-state index contributed by atoms with van der Waals surface area (Å²) in [5.41, 5.74) is 1.49. The molecule has 1 aromatic carbocycles. The Balaban J connectivity index is 0.000000506. The summed E-state index contributed by atoms with van der Waals surface area (Å²) in [5.74, 6) is 0. The van der Waals surface area contributed by atoms with Crippen LogP contribution in [0.4, 0.5) is 0 Å². The van der Waals surface area contributed by atoms with Crippen LogP contribution in [0, 0.1) is 0 Å². The Morgan fingerprint density at radius 1 is 0.667 bits per heavy atom. The molecule has 0 amide bonds. The molecule has 0 aliphatic carbocycles. The van der Waals surface area contributed by atoms with Crippen molar-refractivity contribution in [3.63, 3.8) is 0 Å². The molecule has 0 heterocycles. The predicted molar refractivity (Wildman–Crippen MR) is 112 cm³/mol. The zero-order valence-electron chi connectivity index (χ0n) is 16.6. The first kappa shape index (κ1) is 23.0. The van der Waals surface area contributed by atoms with Gasteiger partial charge >= 0.3 is 0 Å². The molecule has 0 radical (unpaired) electrons. The quantitative estimate of drug-likeness (QED) is 0.237. The van der Waals surface area contributed by atoms with Crippen molar-refractivity contribution in [2.75, 3.05) is 0 Å². The lowest BCUT2D eigenvalue weighted by Crippen LogP contribution is -1.85. The van der Waals surface area contributed by atoms with Gasteiger partial charge in [-0.15, -0.1) is 6.58 Å². The summed E-state index contributed by atoms with van der Waals surface area (Å²) in [4.78, 5) is 0. The fraction of sp³-hybridized carbons (Fsp3) is 0.667. The van der Waals surface area contributed by atoms with Crippen LogP contribution in [0.3, 0.4) is 0 Å². The van der Waals surface area contributed by atoms with E-state index in [0.29, 0.717) is 0 Å². The predicted octanol–water partition coefficient (Wildman–Crippen LogP) is 8.51. The molecule has 0 spiro atoms. The van der Waals surface area contributed by atoms with Crippen LogP contribution >= 0.6 is 0 Å². The minimum atomic E-state index is 1.20. The van der Waals surface area contributed by atoms with Crippen molar-refractivity contribution in [3.05, 3.63) is 48.6 Å². The molecule has 1 rings (SSSR count). The lowest BCUT2D eigenvalue weighted by Gasteiger charge is -2.01. The maximum atomic E-state index is 3.68. The highest BCUT2D eigenvalue weighted by molar-refractivity contribution is 5.14. The second-order valence-electron chi connectivity index (χ2n) is 6.85. The smallest absolute Gasteiger partial charge is 0.0279 e. The van der Waals surface area contributed by atoms with Crippen LogP contribution in [-0.4, -0.2) is 0 Å². The molecule has 138 valence electrons. The van der Waals surface area contributed by atoms with Crippen molar-refractivity contribution in [2.24, 2.45) is 0 Å². The minimum Gasteiger partial charge on any atom is -0.103 e. The van der Waals surface area contributed by atoms with Gasteiger partial charge in [0.05, 0.1) is 0 Å². The van der Waals surface area contributed by atoms with E-state index in [2.05, 4.69) is 50.8 Å². The average Bonchev–Trinajstić information content (AvgIpc) is 2.62. The number of hydrogen-bond acceptors (Lipinski definition) is 0. The molecular weight excluding hydrogens is 288 g/mol. The van der Waals surface area contributed by atoms with Crippen molar-refractivity contribution in [3.8, 4) is 0 Å². The van der Waals surface area contributed by atoms with Gasteiger partial charge in [0.25, 0.3) is 0 Å². The number of aryl methyl sites for hydroxylation is 1. The number of rotatable bonds is 14. The molecule has 1 aromatic rings. The van der Waals surface area contributed by atoms with E-state index in [9.17, 15) is 0 Å². The lowest BCUT2D eigenvalue weighted by atomic mass is 10.0. The van der Waals surface area contributed by atoms with Crippen molar-refractivity contribution < 1.29 is 0 Å². The van der Waals surface area contributed by atoms with Crippen LogP contribution in [0.1, 0.15) is 103 Å². The Kier molecular flexibility index (Phi) is 19.1. The summed E-state index contributed by atoms with van der Waals surface area (Å²) in [6, 6.07) is 10.8. The molecule has 0 nitrogen and oxygen atoms in total. The van der Waals surface area contributed by atoms with Crippen LogP contribution < -0.4 is 0 Å². The third-order valence-electron chi connectivity index (χ3n) is 4.42. The third-order valence-corrected chi connectivity index (χ3v) is 4.42. The molecule has 0 bridgehead atoms. The van der Waals surface area contributed by atoms with Gasteiger partial charge in [0.15, 0.2) is 0 Å². The van der Waals surface area contributed by atoms with Gasteiger partial charge in [-0.3, -0.25) is 0 Å². The molecule has 0 fully saturated rings. The van der Waals surface area contributed by atoms with Crippen molar-refractivity contribution >= 4 is 0 Å². The van der Waals surface area contributed by atoms with Gasteiger partial charge in [0.2, 0.25) is 0 Å². The molecule has 0 aromatic heterocycles. The van der Waals surface area contributed by atoms with Crippen LogP contribution in [0.25, 0.3) is 0 Å². The fourth-order valence-electron chi connectivity index (χ4n) is 2.82. The maximum Gasteiger partial charge on any atom is -0.0279 e. The van der Waals surface area contributed by atoms with Gasteiger partial charge in [-0.2, -0.15) is 0 Å². The van der Waals surface area contributed by atoms with E-state index in [1.54, 1.807) is 0 Å². The molecule has 0 heteroatoms. The molecule has 0 atom stereocenters. The Morgan fingerprint density at radius 3 is 1.71 bits per heavy atom. The highest BCUT2D eigenvalue weighted by atomic mass is 14.0. The number of allylic oxidation sites excluding steroid dienone is 1. The van der Waals surface area contributed by atoms with Gasteiger partial charge in [-0.1, -0.05) is 114 Å². The summed E-state index contributed by atoms with van der Waals surface area (Å²) in [7, 11) is 0. The zero-order chi connectivity index (χ0) is 17.7. The first-order chi connectivity index (χ1) is 11.8. The number of benzene rings is 1. The molecule has 24 heavy (non-hydrogen) atoms. The van der Waals surface area contributed by atoms with Crippen molar-refractivity contribution in [1.29, 1.82) is 0 Å². The molecule has 0 unspecified atom stereocenters. The van der Waals surface area contributed by atoms with E-state index in [1.807, 2.05) is 6.08 Å². The van der Waals surface area contributed by atoms with Crippen LogP contribution in [-0.2, 0) is 6.42 Å². The van der Waals surface area contributed by atoms with E-state index >= 15 is 0 Å². The summed E-state index contributed by atoms with van der Waals surface area (Å²) >= 11 is 0. The van der Waals surface area contributed by atoms with Gasteiger partial charge in [-0.25, -0.2) is 0 Å². The van der Waals surface area contributed by atoms with Crippen molar-refractivity contribution in [2.45, 2.75) is 104 Å². The minimum absolute atomic E-state index is 1.20. The molecule has 0 saturated carbocycles. The Labute approximate surface area is 152 Å². The second-order valence-corrected chi connectivity index (χ2v) is 6.85. The lowest BCUT2D eigenvalue weighted by molar-refractivity contribution is 0.589.